The van der Waals surface area contributed by atoms with Gasteiger partial charge in [0.1, 0.15) is 5.60 Å². The van der Waals surface area contributed by atoms with Crippen molar-refractivity contribution in [2.24, 2.45) is 0 Å². The Morgan fingerprint density at radius 3 is 2.67 bits per heavy atom. The first kappa shape index (κ1) is 12.3. The molecule has 0 bridgehead atoms. The molecule has 0 aliphatic carbocycles. The van der Waals surface area contributed by atoms with Gasteiger partial charge in [0, 0.05) is 26.7 Å². The largest absolute Gasteiger partial charge is 0.471 e. The highest BCUT2D eigenvalue weighted by atomic mass is 19.4. The third-order valence-corrected chi connectivity index (χ3v) is 2.33. The molecule has 1 amide bonds. The van der Waals surface area contributed by atoms with Gasteiger partial charge < -0.3 is 14.8 Å². The molecule has 0 aromatic heterocycles. The van der Waals surface area contributed by atoms with Crippen LogP contribution in [0.1, 0.15) is 6.42 Å². The molecule has 1 N–H and O–H groups in total. The second-order valence-corrected chi connectivity index (χ2v) is 3.37. The predicted molar refractivity (Wildman–Crippen MR) is 44.2 cm³/mol. The maximum atomic E-state index is 11.9. The molecule has 15 heavy (non-hydrogen) atoms. The Hall–Kier alpha value is -0.820. The molecule has 1 aliphatic rings. The van der Waals surface area contributed by atoms with Gasteiger partial charge in [-0.1, -0.05) is 0 Å². The first-order valence-electron chi connectivity index (χ1n) is 4.38. The number of alkyl halides is 3. The van der Waals surface area contributed by atoms with E-state index in [9.17, 15) is 18.0 Å². The number of methoxy groups -OCH3 is 1. The van der Waals surface area contributed by atoms with Crippen molar-refractivity contribution in [2.75, 3.05) is 26.9 Å². The zero-order chi connectivity index (χ0) is 11.5. The fourth-order valence-electron chi connectivity index (χ4n) is 1.30. The van der Waals surface area contributed by atoms with Crippen LogP contribution in [-0.4, -0.2) is 44.6 Å². The van der Waals surface area contributed by atoms with Gasteiger partial charge in [-0.05, 0) is 0 Å². The number of rotatable bonds is 3. The van der Waals surface area contributed by atoms with E-state index in [1.165, 1.54) is 7.11 Å². The zero-order valence-corrected chi connectivity index (χ0v) is 8.19. The van der Waals surface area contributed by atoms with Crippen LogP contribution in [-0.2, 0) is 14.3 Å². The highest BCUT2D eigenvalue weighted by Crippen LogP contribution is 2.22. The smallest absolute Gasteiger partial charge is 0.378 e. The van der Waals surface area contributed by atoms with Crippen LogP contribution in [0.25, 0.3) is 0 Å². The normalized spacial score (nSPS) is 26.7. The standard InChI is InChI=1S/C8H12F3NO3/c1-14-7(2-3-15-5-7)4-12-6(13)8(9,10)11/h2-5H2,1H3,(H,12,13). The Balaban J connectivity index is 2.45. The molecule has 1 rings (SSSR count). The number of hydrogen-bond acceptors (Lipinski definition) is 3. The van der Waals surface area contributed by atoms with E-state index < -0.39 is 17.7 Å². The van der Waals surface area contributed by atoms with Gasteiger partial charge in [-0.3, -0.25) is 4.79 Å². The topological polar surface area (TPSA) is 47.6 Å². The molecule has 1 fully saturated rings. The Morgan fingerprint density at radius 1 is 1.60 bits per heavy atom. The fourth-order valence-corrected chi connectivity index (χ4v) is 1.30. The summed E-state index contributed by atoms with van der Waals surface area (Å²) in [7, 11) is 1.38. The van der Waals surface area contributed by atoms with Crippen molar-refractivity contribution in [3.8, 4) is 0 Å². The summed E-state index contributed by atoms with van der Waals surface area (Å²) in [4.78, 5) is 10.5. The molecule has 1 aliphatic heterocycles. The Bertz CT molecular complexity index is 236. The van der Waals surface area contributed by atoms with E-state index in [0.29, 0.717) is 13.0 Å². The molecule has 1 saturated heterocycles. The summed E-state index contributed by atoms with van der Waals surface area (Å²) in [6.45, 7) is 0.430. The lowest BCUT2D eigenvalue weighted by Gasteiger charge is -2.25. The van der Waals surface area contributed by atoms with Crippen molar-refractivity contribution in [1.82, 2.24) is 5.32 Å². The molecule has 0 aromatic carbocycles. The van der Waals surface area contributed by atoms with Crippen LogP contribution < -0.4 is 5.32 Å². The third kappa shape index (κ3) is 3.07. The monoisotopic (exact) mass is 227 g/mol. The quantitative estimate of drug-likeness (QED) is 0.762. The van der Waals surface area contributed by atoms with Crippen molar-refractivity contribution < 1.29 is 27.4 Å². The average Bonchev–Trinajstić information content (AvgIpc) is 2.62. The van der Waals surface area contributed by atoms with E-state index in [-0.39, 0.29) is 13.2 Å². The van der Waals surface area contributed by atoms with Crippen LogP contribution in [0.4, 0.5) is 13.2 Å². The molecule has 0 aromatic rings. The van der Waals surface area contributed by atoms with Gasteiger partial charge in [0.2, 0.25) is 0 Å². The molecule has 1 unspecified atom stereocenters. The first-order chi connectivity index (χ1) is 6.90. The lowest BCUT2D eigenvalue weighted by Crippen LogP contribution is -2.48. The number of ether oxygens (including phenoxy) is 2. The van der Waals surface area contributed by atoms with Gasteiger partial charge in [0.05, 0.1) is 6.61 Å². The van der Waals surface area contributed by atoms with Gasteiger partial charge in [0.15, 0.2) is 0 Å². The van der Waals surface area contributed by atoms with Crippen LogP contribution in [0, 0.1) is 0 Å². The highest BCUT2D eigenvalue weighted by Gasteiger charge is 2.41. The highest BCUT2D eigenvalue weighted by molar-refractivity contribution is 5.81. The summed E-state index contributed by atoms with van der Waals surface area (Å²) in [5, 5.41) is 1.79. The summed E-state index contributed by atoms with van der Waals surface area (Å²) < 4.78 is 45.7. The lowest BCUT2D eigenvalue weighted by atomic mass is 10.0. The van der Waals surface area contributed by atoms with Crippen LogP contribution in [0.2, 0.25) is 0 Å². The summed E-state index contributed by atoms with van der Waals surface area (Å²) in [5.41, 5.74) is -0.819. The van der Waals surface area contributed by atoms with Crippen molar-refractivity contribution in [3.05, 3.63) is 0 Å². The number of carbonyl (C=O) groups excluding carboxylic acids is 1. The van der Waals surface area contributed by atoms with Crippen molar-refractivity contribution in [1.29, 1.82) is 0 Å². The Kier molecular flexibility index (Phi) is 3.56. The minimum Gasteiger partial charge on any atom is -0.378 e. The van der Waals surface area contributed by atoms with Crippen molar-refractivity contribution >= 4 is 5.91 Å². The summed E-state index contributed by atoms with van der Waals surface area (Å²) in [6.07, 6.45) is -4.38. The Morgan fingerprint density at radius 2 is 2.27 bits per heavy atom. The van der Waals surface area contributed by atoms with Gasteiger partial charge in [0.25, 0.3) is 0 Å². The van der Waals surface area contributed by atoms with E-state index in [2.05, 4.69) is 0 Å². The molecular formula is C8H12F3NO3. The van der Waals surface area contributed by atoms with E-state index in [1.54, 1.807) is 5.32 Å². The lowest BCUT2D eigenvalue weighted by molar-refractivity contribution is -0.174. The van der Waals surface area contributed by atoms with Gasteiger partial charge in [-0.15, -0.1) is 0 Å². The maximum absolute atomic E-state index is 11.9. The molecule has 1 atom stereocenters. The SMILES string of the molecule is COC1(CNC(=O)C(F)(F)F)CCOC1. The van der Waals surface area contributed by atoms with E-state index >= 15 is 0 Å². The van der Waals surface area contributed by atoms with Gasteiger partial charge >= 0.3 is 12.1 Å². The number of nitrogens with one attached hydrogen (secondary N) is 1. The zero-order valence-electron chi connectivity index (χ0n) is 8.19. The minimum absolute atomic E-state index is 0.193. The van der Waals surface area contributed by atoms with Crippen LogP contribution in [0.3, 0.4) is 0 Å². The second kappa shape index (κ2) is 4.36. The van der Waals surface area contributed by atoms with Crippen LogP contribution >= 0.6 is 0 Å². The number of carbonyl (C=O) groups is 1. The van der Waals surface area contributed by atoms with Crippen molar-refractivity contribution in [3.63, 3.8) is 0 Å². The molecule has 0 radical (unpaired) electrons. The fraction of sp³-hybridized carbons (Fsp3) is 0.875. The molecule has 1 heterocycles. The van der Waals surface area contributed by atoms with E-state index in [4.69, 9.17) is 9.47 Å². The van der Waals surface area contributed by atoms with Gasteiger partial charge in [-0.2, -0.15) is 13.2 Å². The van der Waals surface area contributed by atoms with Crippen LogP contribution in [0.5, 0.6) is 0 Å². The summed E-state index contributed by atoms with van der Waals surface area (Å²) in [6, 6.07) is 0. The maximum Gasteiger partial charge on any atom is 0.471 e. The Labute approximate surface area is 84.7 Å². The molecule has 7 heteroatoms. The second-order valence-electron chi connectivity index (χ2n) is 3.37. The summed E-state index contributed by atoms with van der Waals surface area (Å²) in [5.74, 6) is -1.95. The molecule has 4 nitrogen and oxygen atoms in total. The van der Waals surface area contributed by atoms with E-state index in [1.807, 2.05) is 0 Å². The first-order valence-corrected chi connectivity index (χ1v) is 4.38. The van der Waals surface area contributed by atoms with Gasteiger partial charge in [-0.25, -0.2) is 0 Å². The minimum atomic E-state index is -4.85. The third-order valence-electron chi connectivity index (χ3n) is 2.33. The molecular weight excluding hydrogens is 215 g/mol. The molecule has 0 spiro atoms. The molecule has 0 saturated carbocycles. The number of hydrogen-bond donors (Lipinski definition) is 1. The average molecular weight is 227 g/mol. The van der Waals surface area contributed by atoms with E-state index in [0.717, 1.165) is 0 Å². The molecule has 88 valence electrons. The number of amides is 1. The predicted octanol–water partition coefficient (Wildman–Crippen LogP) is 0.470. The summed E-state index contributed by atoms with van der Waals surface area (Å²) >= 11 is 0. The van der Waals surface area contributed by atoms with Crippen LogP contribution in [0.15, 0.2) is 0 Å². The number of halogens is 3. The van der Waals surface area contributed by atoms with Crippen molar-refractivity contribution in [2.45, 2.75) is 18.2 Å².